The summed E-state index contributed by atoms with van der Waals surface area (Å²) in [7, 11) is -3.45. The molecule has 0 saturated heterocycles. The topological polar surface area (TPSA) is 63.6 Å². The molecule has 0 aromatic heterocycles. The lowest BCUT2D eigenvalue weighted by molar-refractivity contribution is -0.113. The van der Waals surface area contributed by atoms with E-state index in [1.165, 1.54) is 0 Å². The summed E-state index contributed by atoms with van der Waals surface area (Å²) >= 11 is 0. The van der Waals surface area contributed by atoms with Crippen molar-refractivity contribution in [2.24, 2.45) is 16.2 Å². The second-order valence-electron chi connectivity index (χ2n) is 5.09. The molecule has 0 radical (unpaired) electrons. The molecule has 1 aliphatic rings. The number of Topliss-reactive ketones (excluding diaryl/α,β-unsaturated/α-hetero) is 1. The molecule has 1 rings (SSSR count). The molecule has 0 amide bonds. The Morgan fingerprint density at radius 3 is 1.67 bits per heavy atom. The van der Waals surface area contributed by atoms with Crippen molar-refractivity contribution in [3.8, 4) is 0 Å². The molecule has 0 atom stereocenters. The van der Waals surface area contributed by atoms with Crippen molar-refractivity contribution in [2.45, 2.75) is 27.7 Å². The molecular formula is C13H19NO3S. The van der Waals surface area contributed by atoms with Crippen LogP contribution in [0.4, 0.5) is 0 Å². The van der Waals surface area contributed by atoms with E-state index in [9.17, 15) is 13.2 Å². The number of carbonyl (C=O) groups is 1. The first-order chi connectivity index (χ1) is 8.11. The van der Waals surface area contributed by atoms with Crippen molar-refractivity contribution >= 4 is 21.5 Å². The maximum Gasteiger partial charge on any atom is 0.250 e. The van der Waals surface area contributed by atoms with E-state index < -0.39 is 10.0 Å². The monoisotopic (exact) mass is 269 g/mol. The minimum atomic E-state index is -3.45. The lowest BCUT2D eigenvalue weighted by Gasteiger charge is -2.19. The maximum atomic E-state index is 12.2. The summed E-state index contributed by atoms with van der Waals surface area (Å²) in [5.74, 6) is 0.0851. The summed E-state index contributed by atoms with van der Waals surface area (Å²) in [5, 5.41) is 0. The predicted octanol–water partition coefficient (Wildman–Crippen LogP) is 2.13. The van der Waals surface area contributed by atoms with E-state index in [-0.39, 0.29) is 17.6 Å². The van der Waals surface area contributed by atoms with Crippen molar-refractivity contribution in [3.63, 3.8) is 0 Å². The lowest BCUT2D eigenvalue weighted by atomic mass is 9.84. The Hall–Kier alpha value is -1.23. The molecule has 0 heterocycles. The minimum Gasteiger partial charge on any atom is -0.289 e. The molecule has 0 aliphatic heterocycles. The molecule has 100 valence electrons. The van der Waals surface area contributed by atoms with Crippen molar-refractivity contribution in [1.82, 2.24) is 0 Å². The van der Waals surface area contributed by atoms with Gasteiger partial charge in [0, 0.05) is 11.1 Å². The quantitative estimate of drug-likeness (QED) is 0.737. The molecule has 4 nitrogen and oxygen atoms in total. The predicted molar refractivity (Wildman–Crippen MR) is 73.1 cm³/mol. The Morgan fingerprint density at radius 1 is 1.00 bits per heavy atom. The van der Waals surface area contributed by atoms with E-state index in [4.69, 9.17) is 0 Å². The normalized spacial score (nSPS) is 17.1. The molecule has 0 N–H and O–H groups in total. The minimum absolute atomic E-state index is 0.00699. The van der Waals surface area contributed by atoms with E-state index in [0.717, 1.165) is 6.26 Å². The van der Waals surface area contributed by atoms with Gasteiger partial charge in [-0.1, -0.05) is 27.7 Å². The van der Waals surface area contributed by atoms with Gasteiger partial charge in [-0.05, 0) is 24.0 Å². The fourth-order valence-electron chi connectivity index (χ4n) is 1.76. The number of ketones is 1. The van der Waals surface area contributed by atoms with Gasteiger partial charge >= 0.3 is 0 Å². The van der Waals surface area contributed by atoms with Crippen LogP contribution in [0.3, 0.4) is 0 Å². The zero-order valence-electron chi connectivity index (χ0n) is 11.4. The number of rotatable bonds is 3. The van der Waals surface area contributed by atoms with Crippen molar-refractivity contribution in [2.75, 3.05) is 6.26 Å². The highest BCUT2D eigenvalue weighted by atomic mass is 32.2. The zero-order chi connectivity index (χ0) is 14.1. The molecule has 0 spiro atoms. The summed E-state index contributed by atoms with van der Waals surface area (Å²) < 4.78 is 26.1. The maximum absolute atomic E-state index is 12.2. The van der Waals surface area contributed by atoms with Gasteiger partial charge in [0.2, 0.25) is 0 Å². The van der Waals surface area contributed by atoms with Gasteiger partial charge in [0.1, 0.15) is 0 Å². The first-order valence-electron chi connectivity index (χ1n) is 5.89. The Labute approximate surface area is 109 Å². The van der Waals surface area contributed by atoms with Crippen LogP contribution in [0.2, 0.25) is 0 Å². The second kappa shape index (κ2) is 5.18. The van der Waals surface area contributed by atoms with E-state index in [1.54, 1.807) is 12.2 Å². The van der Waals surface area contributed by atoms with Crippen LogP contribution in [-0.2, 0) is 14.8 Å². The van der Waals surface area contributed by atoms with Crippen molar-refractivity contribution < 1.29 is 13.2 Å². The molecule has 0 bridgehead atoms. The summed E-state index contributed by atoms with van der Waals surface area (Å²) in [6, 6.07) is 0. The summed E-state index contributed by atoms with van der Waals surface area (Å²) in [4.78, 5) is 12.2. The standard InChI is InChI=1S/C13H19NO3S/c1-8(2)11-6-10(14-18(5,16)17)7-12(9(3)4)13(11)15/h6-9H,1-5H3. The van der Waals surface area contributed by atoms with Gasteiger partial charge in [-0.3, -0.25) is 4.79 Å². The number of hydrogen-bond acceptors (Lipinski definition) is 3. The van der Waals surface area contributed by atoms with E-state index in [0.29, 0.717) is 16.9 Å². The molecule has 1 aliphatic carbocycles. The zero-order valence-corrected chi connectivity index (χ0v) is 12.2. The molecular weight excluding hydrogens is 250 g/mol. The SMILES string of the molecule is CC(C)C1=CC(=NS(C)(=O)=O)C=C(C(C)C)C1=O. The van der Waals surface area contributed by atoms with Crippen LogP contribution in [-0.4, -0.2) is 26.2 Å². The molecule has 0 fully saturated rings. The molecule has 0 saturated carbocycles. The number of sulfonamides is 1. The summed E-state index contributed by atoms with van der Waals surface area (Å²) in [5.41, 5.74) is 1.57. The summed E-state index contributed by atoms with van der Waals surface area (Å²) in [6.45, 7) is 7.63. The third-order valence-corrected chi connectivity index (χ3v) is 3.19. The van der Waals surface area contributed by atoms with Crippen LogP contribution >= 0.6 is 0 Å². The first-order valence-corrected chi connectivity index (χ1v) is 7.74. The third-order valence-electron chi connectivity index (χ3n) is 2.65. The number of nitrogens with zero attached hydrogens (tertiary/aromatic N) is 1. The van der Waals surface area contributed by atoms with E-state index in [1.807, 2.05) is 27.7 Å². The Morgan fingerprint density at radius 2 is 1.39 bits per heavy atom. The largest absolute Gasteiger partial charge is 0.289 e. The van der Waals surface area contributed by atoms with Gasteiger partial charge in [-0.2, -0.15) is 4.40 Å². The van der Waals surface area contributed by atoms with Crippen LogP contribution < -0.4 is 0 Å². The van der Waals surface area contributed by atoms with Crippen molar-refractivity contribution in [1.29, 1.82) is 0 Å². The van der Waals surface area contributed by atoms with Crippen molar-refractivity contribution in [3.05, 3.63) is 23.3 Å². The number of allylic oxidation sites excluding steroid dienone is 4. The Bertz CT molecular complexity index is 519. The smallest absolute Gasteiger partial charge is 0.250 e. The number of carbonyl (C=O) groups excluding carboxylic acids is 1. The lowest BCUT2D eigenvalue weighted by Crippen LogP contribution is -2.21. The fraction of sp³-hybridized carbons (Fsp3) is 0.538. The van der Waals surface area contributed by atoms with Crippen LogP contribution in [0.25, 0.3) is 0 Å². The molecule has 0 aromatic rings. The van der Waals surface area contributed by atoms with E-state index >= 15 is 0 Å². The Balaban J connectivity index is 3.36. The molecule has 0 aromatic carbocycles. The highest BCUT2D eigenvalue weighted by Crippen LogP contribution is 2.25. The average Bonchev–Trinajstić information content (AvgIpc) is 2.17. The van der Waals surface area contributed by atoms with Gasteiger partial charge in [-0.15, -0.1) is 0 Å². The molecule has 5 heteroatoms. The van der Waals surface area contributed by atoms with E-state index in [2.05, 4.69) is 4.40 Å². The van der Waals surface area contributed by atoms with Gasteiger partial charge in [0.25, 0.3) is 10.0 Å². The van der Waals surface area contributed by atoms with Crippen LogP contribution in [0.15, 0.2) is 27.7 Å². The van der Waals surface area contributed by atoms with Gasteiger partial charge in [0.05, 0.1) is 12.0 Å². The molecule has 0 unspecified atom stereocenters. The first kappa shape index (κ1) is 14.8. The van der Waals surface area contributed by atoms with Gasteiger partial charge in [-0.25, -0.2) is 8.42 Å². The van der Waals surface area contributed by atoms with Crippen LogP contribution in [0.5, 0.6) is 0 Å². The van der Waals surface area contributed by atoms with Crippen LogP contribution in [0.1, 0.15) is 27.7 Å². The van der Waals surface area contributed by atoms with Gasteiger partial charge in [0.15, 0.2) is 5.78 Å². The van der Waals surface area contributed by atoms with Gasteiger partial charge < -0.3 is 0 Å². The van der Waals surface area contributed by atoms with Crippen LogP contribution in [0, 0.1) is 11.8 Å². The fourth-order valence-corrected chi connectivity index (χ4v) is 2.25. The molecule has 18 heavy (non-hydrogen) atoms. The highest BCUT2D eigenvalue weighted by molar-refractivity contribution is 7.89. The summed E-state index contributed by atoms with van der Waals surface area (Å²) in [6.07, 6.45) is 4.18. The second-order valence-corrected chi connectivity index (χ2v) is 6.74. The Kier molecular flexibility index (Phi) is 4.27. The third kappa shape index (κ3) is 3.63. The number of hydrogen-bond donors (Lipinski definition) is 0. The average molecular weight is 269 g/mol. The highest BCUT2D eigenvalue weighted by Gasteiger charge is 2.25.